The maximum absolute atomic E-state index is 10.5. The van der Waals surface area contributed by atoms with E-state index in [2.05, 4.69) is 60.7 Å². The zero-order valence-corrected chi connectivity index (χ0v) is 22.5. The van der Waals surface area contributed by atoms with Gasteiger partial charge in [-0.1, -0.05) is 26.2 Å². The molecule has 3 aliphatic heterocycles. The number of rotatable bonds is 9. The Morgan fingerprint density at radius 1 is 1.00 bits per heavy atom. The topological polar surface area (TPSA) is 85.7 Å². The Morgan fingerprint density at radius 3 is 2.00 bits per heavy atom. The van der Waals surface area contributed by atoms with Gasteiger partial charge in [0.05, 0.1) is 0 Å². The Labute approximate surface area is 204 Å². The minimum atomic E-state index is -0.142. The normalized spacial score (nSPS) is 21.3. The maximum atomic E-state index is 10.5. The van der Waals surface area contributed by atoms with Crippen molar-refractivity contribution in [3.63, 3.8) is 0 Å². The van der Waals surface area contributed by atoms with Crippen LogP contribution in [0.1, 0.15) is 91.9 Å². The fraction of sp³-hybridized carbons (Fsp3) is 0.962. The molecule has 0 saturated carbocycles. The lowest BCUT2D eigenvalue weighted by atomic mass is 9.98. The Morgan fingerprint density at radius 2 is 1.55 bits per heavy atom. The van der Waals surface area contributed by atoms with Gasteiger partial charge in [-0.3, -0.25) is 10.2 Å². The highest BCUT2D eigenvalue weighted by molar-refractivity contribution is 5.76. The summed E-state index contributed by atoms with van der Waals surface area (Å²) in [7, 11) is 2.14. The highest BCUT2D eigenvalue weighted by atomic mass is 16.1. The molecule has 3 rings (SSSR count). The summed E-state index contributed by atoms with van der Waals surface area (Å²) in [5, 5.41) is 8.81. The standard InChI is InChI=1S/C11H26N2.C9H18N2.C6H12N2O/c1-6-7-8-9-11(4)13(5)12-10(2)3;1-2-8-11(7-1)9-3-5-10-6-4-9;7-6(9)5-1-3-8-4-2-5/h10-12H,6-9H2,1-5H3;9-10H,1-8H2;5,8H,1-4H2,(H2,7,9). The average Bonchev–Trinajstić information content (AvgIpc) is 3.36. The Balaban J connectivity index is 0.000000251. The molecule has 0 radical (unpaired) electrons. The van der Waals surface area contributed by atoms with Crippen molar-refractivity contribution < 1.29 is 4.79 Å². The lowest BCUT2D eigenvalue weighted by Gasteiger charge is -2.31. The van der Waals surface area contributed by atoms with Crippen molar-refractivity contribution in [2.75, 3.05) is 46.3 Å². The highest BCUT2D eigenvalue weighted by Gasteiger charge is 2.22. The number of hydrogen-bond acceptors (Lipinski definition) is 6. The Kier molecular flexibility index (Phi) is 17.1. The molecule has 0 spiro atoms. The molecule has 0 aromatic rings. The van der Waals surface area contributed by atoms with Crippen LogP contribution in [-0.2, 0) is 4.79 Å². The predicted molar refractivity (Wildman–Crippen MR) is 141 cm³/mol. The summed E-state index contributed by atoms with van der Waals surface area (Å²) in [5.74, 6) is -0.0113. The second-order valence-corrected chi connectivity index (χ2v) is 10.4. The number of carbonyl (C=O) groups is 1. The van der Waals surface area contributed by atoms with Gasteiger partial charge in [-0.25, -0.2) is 5.01 Å². The van der Waals surface area contributed by atoms with Crippen LogP contribution in [-0.4, -0.2) is 80.3 Å². The molecule has 0 aromatic carbocycles. The Bertz CT molecular complexity index is 471. The van der Waals surface area contributed by atoms with Crippen LogP contribution in [0.15, 0.2) is 0 Å². The number of nitrogens with one attached hydrogen (secondary N) is 3. The first-order valence-electron chi connectivity index (χ1n) is 13.8. The van der Waals surface area contributed by atoms with Gasteiger partial charge in [-0.05, 0) is 105 Å². The number of primary amides is 1. The molecule has 3 aliphatic rings. The molecule has 196 valence electrons. The third kappa shape index (κ3) is 14.3. The SMILES string of the molecule is C1CCN(C2CCNCC2)C1.CCCCCC(C)N(C)NC(C)C.NC(=O)C1CCNCC1. The fourth-order valence-corrected chi connectivity index (χ4v) is 4.80. The quantitative estimate of drug-likeness (QED) is 0.307. The van der Waals surface area contributed by atoms with Crippen LogP contribution in [0.25, 0.3) is 0 Å². The molecule has 1 atom stereocenters. The lowest BCUT2D eigenvalue weighted by molar-refractivity contribution is -0.122. The molecule has 3 heterocycles. The van der Waals surface area contributed by atoms with Gasteiger partial charge < -0.3 is 21.3 Å². The second-order valence-electron chi connectivity index (χ2n) is 10.4. The fourth-order valence-electron chi connectivity index (χ4n) is 4.80. The van der Waals surface area contributed by atoms with E-state index in [0.29, 0.717) is 12.1 Å². The van der Waals surface area contributed by atoms with Crippen molar-refractivity contribution in [2.45, 2.75) is 110 Å². The molecule has 3 fully saturated rings. The van der Waals surface area contributed by atoms with E-state index in [9.17, 15) is 4.79 Å². The molecule has 3 saturated heterocycles. The number of likely N-dealkylation sites (tertiary alicyclic amines) is 1. The van der Waals surface area contributed by atoms with E-state index in [0.717, 1.165) is 32.0 Å². The first-order chi connectivity index (χ1) is 15.8. The van der Waals surface area contributed by atoms with Gasteiger partial charge in [0, 0.05) is 31.1 Å². The van der Waals surface area contributed by atoms with Gasteiger partial charge in [0.1, 0.15) is 0 Å². The highest BCUT2D eigenvalue weighted by Crippen LogP contribution is 2.17. The van der Waals surface area contributed by atoms with Gasteiger partial charge in [-0.2, -0.15) is 0 Å². The van der Waals surface area contributed by atoms with Crippen LogP contribution in [0.4, 0.5) is 0 Å². The minimum Gasteiger partial charge on any atom is -0.369 e. The third-order valence-electron chi connectivity index (χ3n) is 7.06. The number of carbonyl (C=O) groups excluding carboxylic acids is 1. The van der Waals surface area contributed by atoms with Crippen LogP contribution in [0.5, 0.6) is 0 Å². The predicted octanol–water partition coefficient (Wildman–Crippen LogP) is 3.11. The van der Waals surface area contributed by atoms with Crippen LogP contribution < -0.4 is 21.8 Å². The molecule has 5 N–H and O–H groups in total. The monoisotopic (exact) mass is 468 g/mol. The van der Waals surface area contributed by atoms with Crippen LogP contribution in [0.3, 0.4) is 0 Å². The molecule has 0 aliphatic carbocycles. The molecule has 0 aromatic heterocycles. The zero-order chi connectivity index (χ0) is 24.5. The van der Waals surface area contributed by atoms with Gasteiger partial charge in [0.25, 0.3) is 0 Å². The van der Waals surface area contributed by atoms with Crippen LogP contribution in [0, 0.1) is 5.92 Å². The smallest absolute Gasteiger partial charge is 0.220 e. The largest absolute Gasteiger partial charge is 0.369 e. The third-order valence-corrected chi connectivity index (χ3v) is 7.06. The maximum Gasteiger partial charge on any atom is 0.220 e. The summed E-state index contributed by atoms with van der Waals surface area (Å²) in [6.07, 6.45) is 12.8. The van der Waals surface area contributed by atoms with Crippen molar-refractivity contribution in [1.82, 2.24) is 26.0 Å². The molecular formula is C26H56N6O. The van der Waals surface area contributed by atoms with Gasteiger partial charge in [0.2, 0.25) is 5.91 Å². The molecule has 1 amide bonds. The Hall–Kier alpha value is -0.730. The first kappa shape index (κ1) is 30.3. The number of hydrogen-bond donors (Lipinski definition) is 4. The number of amides is 1. The number of nitrogens with zero attached hydrogens (tertiary/aromatic N) is 2. The van der Waals surface area contributed by atoms with E-state index >= 15 is 0 Å². The van der Waals surface area contributed by atoms with Crippen molar-refractivity contribution in [1.29, 1.82) is 0 Å². The number of nitrogens with two attached hydrogens (primary N) is 1. The van der Waals surface area contributed by atoms with E-state index in [1.165, 1.54) is 77.5 Å². The van der Waals surface area contributed by atoms with E-state index in [-0.39, 0.29) is 11.8 Å². The molecule has 33 heavy (non-hydrogen) atoms. The second kappa shape index (κ2) is 18.6. The van der Waals surface area contributed by atoms with E-state index in [1.807, 2.05) is 0 Å². The number of unbranched alkanes of at least 4 members (excludes halogenated alkanes) is 2. The summed E-state index contributed by atoms with van der Waals surface area (Å²) in [6.45, 7) is 16.0. The lowest BCUT2D eigenvalue weighted by Crippen LogP contribution is -2.44. The van der Waals surface area contributed by atoms with E-state index in [4.69, 9.17) is 5.73 Å². The van der Waals surface area contributed by atoms with Crippen molar-refractivity contribution in [2.24, 2.45) is 11.7 Å². The minimum absolute atomic E-state index is 0.131. The zero-order valence-electron chi connectivity index (χ0n) is 22.5. The van der Waals surface area contributed by atoms with Gasteiger partial charge >= 0.3 is 0 Å². The number of piperidine rings is 2. The molecule has 0 bridgehead atoms. The van der Waals surface area contributed by atoms with E-state index in [1.54, 1.807) is 0 Å². The van der Waals surface area contributed by atoms with Crippen LogP contribution in [0.2, 0.25) is 0 Å². The van der Waals surface area contributed by atoms with Gasteiger partial charge in [0.15, 0.2) is 0 Å². The van der Waals surface area contributed by atoms with Crippen LogP contribution >= 0.6 is 0 Å². The van der Waals surface area contributed by atoms with Gasteiger partial charge in [-0.15, -0.1) is 0 Å². The summed E-state index contributed by atoms with van der Waals surface area (Å²) in [5.41, 5.74) is 8.50. The number of hydrazine groups is 1. The average molecular weight is 469 g/mol. The van der Waals surface area contributed by atoms with Crippen molar-refractivity contribution >= 4 is 5.91 Å². The van der Waals surface area contributed by atoms with Crippen molar-refractivity contribution in [3.05, 3.63) is 0 Å². The van der Waals surface area contributed by atoms with E-state index < -0.39 is 0 Å². The summed E-state index contributed by atoms with van der Waals surface area (Å²) in [4.78, 5) is 13.2. The summed E-state index contributed by atoms with van der Waals surface area (Å²) >= 11 is 0. The van der Waals surface area contributed by atoms with Crippen molar-refractivity contribution in [3.8, 4) is 0 Å². The molecule has 7 heteroatoms. The molecule has 7 nitrogen and oxygen atoms in total. The molecular weight excluding hydrogens is 412 g/mol. The first-order valence-corrected chi connectivity index (χ1v) is 13.8. The summed E-state index contributed by atoms with van der Waals surface area (Å²) < 4.78 is 0. The summed E-state index contributed by atoms with van der Waals surface area (Å²) in [6, 6.07) is 2.10. The molecule has 1 unspecified atom stereocenters.